The van der Waals surface area contributed by atoms with E-state index in [0.29, 0.717) is 12.6 Å². The van der Waals surface area contributed by atoms with Gasteiger partial charge in [-0.25, -0.2) is 0 Å². The van der Waals surface area contributed by atoms with Crippen LogP contribution in [0, 0.1) is 5.92 Å². The molecule has 0 spiro atoms. The van der Waals surface area contributed by atoms with E-state index in [2.05, 4.69) is 12.2 Å². The molecule has 2 heteroatoms. The van der Waals surface area contributed by atoms with E-state index in [9.17, 15) is 5.11 Å². The lowest BCUT2D eigenvalue weighted by atomic mass is 9.89. The minimum Gasteiger partial charge on any atom is -0.394 e. The SMILES string of the molecule is CCC(CO)(NC1CCCCCC1)C1CC1. The molecule has 2 fully saturated rings. The summed E-state index contributed by atoms with van der Waals surface area (Å²) in [5.74, 6) is 0.741. The summed E-state index contributed by atoms with van der Waals surface area (Å²) in [5, 5.41) is 13.5. The molecule has 0 heterocycles. The Morgan fingerprint density at radius 2 is 1.69 bits per heavy atom. The van der Waals surface area contributed by atoms with Crippen molar-refractivity contribution < 1.29 is 5.11 Å². The summed E-state index contributed by atoms with van der Waals surface area (Å²) >= 11 is 0. The molecule has 2 N–H and O–H groups in total. The van der Waals surface area contributed by atoms with Gasteiger partial charge in [0.25, 0.3) is 0 Å². The quantitative estimate of drug-likeness (QED) is 0.705. The van der Waals surface area contributed by atoms with E-state index in [-0.39, 0.29) is 5.54 Å². The van der Waals surface area contributed by atoms with Crippen LogP contribution in [0.2, 0.25) is 0 Å². The van der Waals surface area contributed by atoms with E-state index in [1.54, 1.807) is 0 Å². The van der Waals surface area contributed by atoms with Crippen LogP contribution in [-0.4, -0.2) is 23.3 Å². The number of aliphatic hydroxyl groups excluding tert-OH is 1. The van der Waals surface area contributed by atoms with Crippen LogP contribution in [0.1, 0.15) is 64.7 Å². The van der Waals surface area contributed by atoms with Gasteiger partial charge in [-0.3, -0.25) is 0 Å². The lowest BCUT2D eigenvalue weighted by Gasteiger charge is -2.36. The van der Waals surface area contributed by atoms with Crippen molar-refractivity contribution in [1.82, 2.24) is 5.32 Å². The fourth-order valence-corrected chi connectivity index (χ4v) is 3.26. The molecule has 2 aliphatic rings. The summed E-state index contributed by atoms with van der Waals surface area (Å²) in [7, 11) is 0. The number of hydrogen-bond acceptors (Lipinski definition) is 2. The van der Waals surface area contributed by atoms with Gasteiger partial charge >= 0.3 is 0 Å². The van der Waals surface area contributed by atoms with Crippen LogP contribution < -0.4 is 5.32 Å². The highest BCUT2D eigenvalue weighted by Crippen LogP contribution is 2.42. The molecule has 0 amide bonds. The molecule has 0 aromatic heterocycles. The zero-order valence-corrected chi connectivity index (χ0v) is 10.7. The van der Waals surface area contributed by atoms with Gasteiger partial charge in [0.2, 0.25) is 0 Å². The van der Waals surface area contributed by atoms with Gasteiger partial charge in [0.1, 0.15) is 0 Å². The predicted molar refractivity (Wildman–Crippen MR) is 67.5 cm³/mol. The summed E-state index contributed by atoms with van der Waals surface area (Å²) < 4.78 is 0. The number of rotatable bonds is 5. The van der Waals surface area contributed by atoms with E-state index >= 15 is 0 Å². The largest absolute Gasteiger partial charge is 0.394 e. The third kappa shape index (κ3) is 2.78. The summed E-state index contributed by atoms with van der Waals surface area (Å²) in [6.07, 6.45) is 11.9. The number of nitrogens with one attached hydrogen (secondary N) is 1. The highest BCUT2D eigenvalue weighted by Gasteiger charge is 2.44. The highest BCUT2D eigenvalue weighted by atomic mass is 16.3. The molecule has 0 aromatic rings. The standard InChI is InChI=1S/C14H27NO/c1-2-14(11-16,12-9-10-12)15-13-7-5-3-4-6-8-13/h12-13,15-16H,2-11H2,1H3. The molecular weight excluding hydrogens is 198 g/mol. The lowest BCUT2D eigenvalue weighted by Crippen LogP contribution is -2.54. The molecular formula is C14H27NO. The molecule has 2 nitrogen and oxygen atoms in total. The van der Waals surface area contributed by atoms with Gasteiger partial charge in [-0.2, -0.15) is 0 Å². The Kier molecular flexibility index (Phi) is 4.26. The zero-order chi connectivity index (χ0) is 11.4. The van der Waals surface area contributed by atoms with E-state index < -0.39 is 0 Å². The first-order chi connectivity index (χ1) is 7.80. The lowest BCUT2D eigenvalue weighted by molar-refractivity contribution is 0.118. The van der Waals surface area contributed by atoms with E-state index in [4.69, 9.17) is 0 Å². The van der Waals surface area contributed by atoms with E-state index in [1.807, 2.05) is 0 Å². The average molecular weight is 225 g/mol. The first kappa shape index (κ1) is 12.4. The zero-order valence-electron chi connectivity index (χ0n) is 10.7. The molecule has 0 bridgehead atoms. The van der Waals surface area contributed by atoms with Crippen molar-refractivity contribution in [3.63, 3.8) is 0 Å². The number of aliphatic hydroxyl groups is 1. The Hall–Kier alpha value is -0.0800. The summed E-state index contributed by atoms with van der Waals surface area (Å²) in [6.45, 7) is 2.54. The van der Waals surface area contributed by atoms with Gasteiger partial charge in [-0.15, -0.1) is 0 Å². The van der Waals surface area contributed by atoms with Gasteiger partial charge in [0.05, 0.1) is 6.61 Å². The third-order valence-electron chi connectivity index (χ3n) is 4.62. The van der Waals surface area contributed by atoms with Crippen molar-refractivity contribution in [2.75, 3.05) is 6.61 Å². The molecule has 2 rings (SSSR count). The molecule has 1 unspecified atom stereocenters. The molecule has 0 saturated heterocycles. The predicted octanol–water partition coefficient (Wildman–Crippen LogP) is 2.85. The van der Waals surface area contributed by atoms with Crippen LogP contribution in [-0.2, 0) is 0 Å². The number of hydrogen-bond donors (Lipinski definition) is 2. The summed E-state index contributed by atoms with van der Waals surface area (Å²) in [5.41, 5.74) is 0.0506. The Bertz CT molecular complexity index is 201. The average Bonchev–Trinajstić information content (AvgIpc) is 3.13. The van der Waals surface area contributed by atoms with Crippen molar-refractivity contribution in [1.29, 1.82) is 0 Å². The minimum absolute atomic E-state index is 0.0506. The van der Waals surface area contributed by atoms with Crippen molar-refractivity contribution >= 4 is 0 Å². The second-order valence-electron chi connectivity index (χ2n) is 5.77. The maximum atomic E-state index is 9.73. The fourth-order valence-electron chi connectivity index (χ4n) is 3.26. The van der Waals surface area contributed by atoms with Crippen LogP contribution in [0.5, 0.6) is 0 Å². The second kappa shape index (κ2) is 5.50. The van der Waals surface area contributed by atoms with Crippen molar-refractivity contribution in [2.45, 2.75) is 76.3 Å². The maximum Gasteiger partial charge on any atom is 0.0616 e. The Labute approximate surface area is 99.8 Å². The van der Waals surface area contributed by atoms with Gasteiger partial charge in [-0.05, 0) is 38.0 Å². The first-order valence-electron chi connectivity index (χ1n) is 7.19. The first-order valence-corrected chi connectivity index (χ1v) is 7.19. The highest BCUT2D eigenvalue weighted by molar-refractivity contribution is 5.01. The fraction of sp³-hybridized carbons (Fsp3) is 1.00. The summed E-state index contributed by atoms with van der Waals surface area (Å²) in [6, 6.07) is 0.662. The van der Waals surface area contributed by atoms with Gasteiger partial charge in [0.15, 0.2) is 0 Å². The van der Waals surface area contributed by atoms with Crippen LogP contribution in [0.4, 0.5) is 0 Å². The molecule has 2 aliphatic carbocycles. The van der Waals surface area contributed by atoms with Gasteiger partial charge in [-0.1, -0.05) is 32.6 Å². The third-order valence-corrected chi connectivity index (χ3v) is 4.62. The molecule has 1 atom stereocenters. The Balaban J connectivity index is 1.92. The van der Waals surface area contributed by atoms with Crippen LogP contribution in [0.25, 0.3) is 0 Å². The molecule has 94 valence electrons. The monoisotopic (exact) mass is 225 g/mol. The van der Waals surface area contributed by atoms with Crippen LogP contribution in [0.3, 0.4) is 0 Å². The minimum atomic E-state index is 0.0506. The Morgan fingerprint density at radius 3 is 2.12 bits per heavy atom. The van der Waals surface area contributed by atoms with Gasteiger partial charge in [0, 0.05) is 11.6 Å². The molecule has 0 aliphatic heterocycles. The molecule has 0 aromatic carbocycles. The molecule has 2 saturated carbocycles. The van der Waals surface area contributed by atoms with Crippen LogP contribution >= 0.6 is 0 Å². The van der Waals surface area contributed by atoms with Gasteiger partial charge < -0.3 is 10.4 Å². The van der Waals surface area contributed by atoms with E-state index in [0.717, 1.165) is 12.3 Å². The van der Waals surface area contributed by atoms with Crippen molar-refractivity contribution in [3.05, 3.63) is 0 Å². The van der Waals surface area contributed by atoms with Crippen LogP contribution in [0.15, 0.2) is 0 Å². The van der Waals surface area contributed by atoms with Crippen molar-refractivity contribution in [3.8, 4) is 0 Å². The molecule has 0 radical (unpaired) electrons. The normalized spacial score (nSPS) is 27.4. The maximum absolute atomic E-state index is 9.73. The smallest absolute Gasteiger partial charge is 0.0616 e. The van der Waals surface area contributed by atoms with Crippen molar-refractivity contribution in [2.24, 2.45) is 5.92 Å². The summed E-state index contributed by atoms with van der Waals surface area (Å²) in [4.78, 5) is 0. The Morgan fingerprint density at radius 1 is 1.06 bits per heavy atom. The van der Waals surface area contributed by atoms with E-state index in [1.165, 1.54) is 51.4 Å². The molecule has 16 heavy (non-hydrogen) atoms. The topological polar surface area (TPSA) is 32.3 Å². The second-order valence-corrected chi connectivity index (χ2v) is 5.77.